The van der Waals surface area contributed by atoms with Gasteiger partial charge in [0.1, 0.15) is 23.7 Å². The fraction of sp³-hybridized carbons (Fsp3) is 0.333. The highest BCUT2D eigenvalue weighted by atomic mass is 32.1. The Balaban J connectivity index is 1.84. The van der Waals surface area contributed by atoms with E-state index in [9.17, 15) is 0 Å². The number of nitrogens with zero attached hydrogens (tertiary/aromatic N) is 3. The molecule has 2 atom stereocenters. The normalized spacial score (nSPS) is 22.5. The molecule has 0 amide bonds. The van der Waals surface area contributed by atoms with Crippen molar-refractivity contribution in [2.24, 2.45) is 0 Å². The zero-order valence-corrected chi connectivity index (χ0v) is 12.0. The van der Waals surface area contributed by atoms with Gasteiger partial charge in [-0.1, -0.05) is 6.07 Å². The average molecular weight is 285 g/mol. The van der Waals surface area contributed by atoms with Crippen LogP contribution in [0.2, 0.25) is 0 Å². The highest BCUT2D eigenvalue weighted by Crippen LogP contribution is 2.29. The van der Waals surface area contributed by atoms with Crippen LogP contribution in [-0.2, 0) is 4.74 Å². The summed E-state index contributed by atoms with van der Waals surface area (Å²) in [4.78, 5) is 6.57. The Morgan fingerprint density at radius 2 is 2.30 bits per heavy atom. The molecule has 0 bridgehead atoms. The number of nitriles is 1. The quantitative estimate of drug-likeness (QED) is 0.851. The third kappa shape index (κ3) is 2.67. The molecule has 2 aromatic heterocycles. The van der Waals surface area contributed by atoms with Crippen molar-refractivity contribution in [3.8, 4) is 6.07 Å². The molecule has 0 spiro atoms. The number of hydrogen-bond acceptors (Lipinski definition) is 5. The molecular formula is C15H15N3OS. The van der Waals surface area contributed by atoms with Crippen molar-refractivity contribution < 1.29 is 4.74 Å². The van der Waals surface area contributed by atoms with Crippen molar-refractivity contribution in [1.82, 2.24) is 4.98 Å². The van der Waals surface area contributed by atoms with Gasteiger partial charge in [0.05, 0.1) is 6.10 Å². The van der Waals surface area contributed by atoms with Crippen LogP contribution in [0.3, 0.4) is 0 Å². The van der Waals surface area contributed by atoms with Crippen molar-refractivity contribution in [2.75, 3.05) is 18.0 Å². The van der Waals surface area contributed by atoms with Gasteiger partial charge in [-0.05, 0) is 41.4 Å². The molecule has 0 aliphatic carbocycles. The smallest absolute Gasteiger partial charge is 0.142 e. The van der Waals surface area contributed by atoms with Crippen molar-refractivity contribution >= 4 is 17.2 Å². The van der Waals surface area contributed by atoms with Gasteiger partial charge in [0.25, 0.3) is 0 Å². The van der Waals surface area contributed by atoms with E-state index in [1.807, 2.05) is 12.1 Å². The Morgan fingerprint density at radius 3 is 3.05 bits per heavy atom. The number of morpholine rings is 1. The minimum atomic E-state index is 0.0672. The third-order valence-electron chi connectivity index (χ3n) is 3.35. The first kappa shape index (κ1) is 13.1. The van der Waals surface area contributed by atoms with Crippen LogP contribution in [0, 0.1) is 11.3 Å². The summed E-state index contributed by atoms with van der Waals surface area (Å²) in [5, 5.41) is 13.2. The van der Waals surface area contributed by atoms with Crippen LogP contribution in [0.4, 0.5) is 5.82 Å². The number of aromatic nitrogens is 1. The second kappa shape index (κ2) is 5.61. The van der Waals surface area contributed by atoms with Crippen molar-refractivity contribution in [3.05, 3.63) is 46.3 Å². The molecule has 1 fully saturated rings. The van der Waals surface area contributed by atoms with Crippen LogP contribution in [0.1, 0.15) is 24.3 Å². The van der Waals surface area contributed by atoms with Gasteiger partial charge in [-0.3, -0.25) is 0 Å². The first-order valence-corrected chi connectivity index (χ1v) is 7.50. The lowest BCUT2D eigenvalue weighted by atomic mass is 10.1. The standard InChI is InChI=1S/C15H15N3OS/c1-11-8-18(15-4-2-3-13(7-16)17-15)9-14(19-11)12-5-6-20-10-12/h2-6,10-11,14H,8-9H2,1H3. The predicted molar refractivity (Wildman–Crippen MR) is 78.8 cm³/mol. The Bertz CT molecular complexity index is 620. The molecule has 102 valence electrons. The lowest BCUT2D eigenvalue weighted by Gasteiger charge is -2.37. The SMILES string of the molecule is CC1CN(c2cccc(C#N)n2)CC(c2ccsc2)O1. The molecule has 0 saturated carbocycles. The summed E-state index contributed by atoms with van der Waals surface area (Å²) >= 11 is 1.68. The Morgan fingerprint density at radius 1 is 1.40 bits per heavy atom. The Kier molecular flexibility index (Phi) is 3.68. The number of ether oxygens (including phenoxy) is 1. The van der Waals surface area contributed by atoms with Crippen LogP contribution in [-0.4, -0.2) is 24.2 Å². The van der Waals surface area contributed by atoms with Crippen molar-refractivity contribution in [3.63, 3.8) is 0 Å². The van der Waals surface area contributed by atoms with Crippen LogP contribution in [0.5, 0.6) is 0 Å². The van der Waals surface area contributed by atoms with E-state index < -0.39 is 0 Å². The number of anilines is 1. The number of pyridine rings is 1. The van der Waals surface area contributed by atoms with Gasteiger partial charge in [-0.2, -0.15) is 16.6 Å². The summed E-state index contributed by atoms with van der Waals surface area (Å²) < 4.78 is 6.01. The van der Waals surface area contributed by atoms with E-state index in [4.69, 9.17) is 10.00 Å². The molecule has 1 saturated heterocycles. The number of thiophene rings is 1. The summed E-state index contributed by atoms with van der Waals surface area (Å²) in [6.45, 7) is 3.63. The highest BCUT2D eigenvalue weighted by Gasteiger charge is 2.27. The molecule has 1 aliphatic rings. The Hall–Kier alpha value is -1.90. The van der Waals surface area contributed by atoms with E-state index in [1.165, 1.54) is 5.56 Å². The second-order valence-electron chi connectivity index (χ2n) is 4.89. The largest absolute Gasteiger partial charge is 0.367 e. The van der Waals surface area contributed by atoms with Crippen molar-refractivity contribution in [2.45, 2.75) is 19.1 Å². The molecule has 20 heavy (non-hydrogen) atoms. The maximum atomic E-state index is 8.96. The fourth-order valence-electron chi connectivity index (χ4n) is 2.44. The summed E-state index contributed by atoms with van der Waals surface area (Å²) in [5.74, 6) is 0.847. The van der Waals surface area contributed by atoms with Gasteiger partial charge in [-0.15, -0.1) is 0 Å². The van der Waals surface area contributed by atoms with Gasteiger partial charge >= 0.3 is 0 Å². The highest BCUT2D eigenvalue weighted by molar-refractivity contribution is 7.07. The maximum Gasteiger partial charge on any atom is 0.142 e. The molecule has 3 rings (SSSR count). The average Bonchev–Trinajstić information content (AvgIpc) is 3.01. The van der Waals surface area contributed by atoms with Crippen LogP contribution in [0.25, 0.3) is 0 Å². The minimum absolute atomic E-state index is 0.0672. The van der Waals surface area contributed by atoms with Gasteiger partial charge < -0.3 is 9.64 Å². The van der Waals surface area contributed by atoms with Crippen LogP contribution < -0.4 is 4.90 Å². The third-order valence-corrected chi connectivity index (χ3v) is 4.05. The van der Waals surface area contributed by atoms with Crippen molar-refractivity contribution in [1.29, 1.82) is 5.26 Å². The molecule has 2 unspecified atom stereocenters. The molecule has 0 aromatic carbocycles. The van der Waals surface area contributed by atoms with E-state index in [0.29, 0.717) is 5.69 Å². The first-order chi connectivity index (χ1) is 9.76. The maximum absolute atomic E-state index is 8.96. The van der Waals surface area contributed by atoms with Crippen LogP contribution in [0.15, 0.2) is 35.0 Å². The zero-order chi connectivity index (χ0) is 13.9. The topological polar surface area (TPSA) is 49.2 Å². The predicted octanol–water partition coefficient (Wildman–Crippen LogP) is 2.98. The summed E-state index contributed by atoms with van der Waals surface area (Å²) in [6.07, 6.45) is 0.207. The lowest BCUT2D eigenvalue weighted by Crippen LogP contribution is -2.43. The number of hydrogen-bond donors (Lipinski definition) is 0. The van der Waals surface area contributed by atoms with E-state index in [0.717, 1.165) is 18.9 Å². The van der Waals surface area contributed by atoms with E-state index in [1.54, 1.807) is 17.4 Å². The molecule has 4 nitrogen and oxygen atoms in total. The minimum Gasteiger partial charge on any atom is -0.367 e. The first-order valence-electron chi connectivity index (χ1n) is 6.56. The van der Waals surface area contributed by atoms with E-state index >= 15 is 0 Å². The summed E-state index contributed by atoms with van der Waals surface area (Å²) in [7, 11) is 0. The van der Waals surface area contributed by atoms with Crippen LogP contribution >= 0.6 is 11.3 Å². The molecule has 0 radical (unpaired) electrons. The monoisotopic (exact) mass is 285 g/mol. The lowest BCUT2D eigenvalue weighted by molar-refractivity contribution is -0.0174. The van der Waals surface area contributed by atoms with Gasteiger partial charge in [0, 0.05) is 13.1 Å². The van der Waals surface area contributed by atoms with E-state index in [2.05, 4.69) is 39.7 Å². The molecule has 5 heteroatoms. The number of rotatable bonds is 2. The zero-order valence-electron chi connectivity index (χ0n) is 11.2. The molecule has 2 aromatic rings. The van der Waals surface area contributed by atoms with Gasteiger partial charge in [-0.25, -0.2) is 4.98 Å². The van der Waals surface area contributed by atoms with Gasteiger partial charge in [0.2, 0.25) is 0 Å². The molecule has 3 heterocycles. The van der Waals surface area contributed by atoms with Gasteiger partial charge in [0.15, 0.2) is 0 Å². The molecular weight excluding hydrogens is 270 g/mol. The summed E-state index contributed by atoms with van der Waals surface area (Å²) in [6, 6.07) is 9.74. The molecule has 0 N–H and O–H groups in total. The second-order valence-corrected chi connectivity index (χ2v) is 5.67. The Labute approximate surface area is 122 Å². The molecule has 1 aliphatic heterocycles. The fourth-order valence-corrected chi connectivity index (χ4v) is 3.14. The summed E-state index contributed by atoms with van der Waals surface area (Å²) in [5.41, 5.74) is 1.66. The van der Waals surface area contributed by atoms with E-state index in [-0.39, 0.29) is 12.2 Å².